The van der Waals surface area contributed by atoms with Gasteiger partial charge in [0.1, 0.15) is 6.07 Å². The summed E-state index contributed by atoms with van der Waals surface area (Å²) in [6, 6.07) is 12.2. The standard InChI is InChI=1S/C21H21N3O/c1-20(2)17-10-9-14-13-23-24(16-7-5-4-6-8-16)18(14)21(17,3)11-15(12-22)19(20)25/h4-8,11,13,17H,9-10H2,1-3H3. The molecule has 25 heavy (non-hydrogen) atoms. The van der Waals surface area contributed by atoms with E-state index in [-0.39, 0.29) is 22.7 Å². The van der Waals surface area contributed by atoms with Gasteiger partial charge in [-0.2, -0.15) is 10.4 Å². The number of allylic oxidation sites excluding steroid dienone is 2. The first-order valence-electron chi connectivity index (χ1n) is 8.70. The normalized spacial score (nSPS) is 27.0. The molecule has 1 aromatic carbocycles. The van der Waals surface area contributed by atoms with E-state index in [0.29, 0.717) is 0 Å². The Balaban J connectivity index is 1.99. The van der Waals surface area contributed by atoms with Gasteiger partial charge in [0, 0.05) is 10.8 Å². The molecule has 0 radical (unpaired) electrons. The fourth-order valence-electron chi connectivity index (χ4n) is 4.90. The zero-order valence-corrected chi connectivity index (χ0v) is 14.8. The molecule has 2 aromatic rings. The van der Waals surface area contributed by atoms with Crippen molar-refractivity contribution in [2.24, 2.45) is 11.3 Å². The molecule has 0 fully saturated rings. The van der Waals surface area contributed by atoms with E-state index in [1.54, 1.807) is 0 Å². The van der Waals surface area contributed by atoms with E-state index in [4.69, 9.17) is 0 Å². The molecule has 0 amide bonds. The molecule has 4 heteroatoms. The van der Waals surface area contributed by atoms with Gasteiger partial charge in [-0.1, -0.05) is 45.0 Å². The Morgan fingerprint density at radius 2 is 1.96 bits per heavy atom. The van der Waals surface area contributed by atoms with Gasteiger partial charge in [0.15, 0.2) is 5.78 Å². The molecule has 0 saturated carbocycles. The van der Waals surface area contributed by atoms with Gasteiger partial charge in [0.05, 0.1) is 23.2 Å². The van der Waals surface area contributed by atoms with E-state index in [9.17, 15) is 10.1 Å². The third-order valence-electron chi connectivity index (χ3n) is 6.05. The Morgan fingerprint density at radius 1 is 1.24 bits per heavy atom. The predicted octanol–water partition coefficient (Wildman–Crippen LogP) is 3.75. The van der Waals surface area contributed by atoms with Crippen LogP contribution in [0.1, 0.15) is 38.4 Å². The summed E-state index contributed by atoms with van der Waals surface area (Å²) in [6.07, 6.45) is 5.67. The molecule has 0 bridgehead atoms. The van der Waals surface area contributed by atoms with Crippen molar-refractivity contribution >= 4 is 5.78 Å². The monoisotopic (exact) mass is 331 g/mol. The Labute approximate surface area is 147 Å². The minimum Gasteiger partial charge on any atom is -0.293 e. The van der Waals surface area contributed by atoms with E-state index in [1.807, 2.05) is 61.1 Å². The third kappa shape index (κ3) is 2.05. The SMILES string of the molecule is CC1(C)C(=O)C(C#N)=CC2(C)c3c(cnn3-c3ccccc3)CCC12. The molecule has 2 aliphatic carbocycles. The maximum absolute atomic E-state index is 12.8. The molecule has 1 heterocycles. The van der Waals surface area contributed by atoms with Crippen LogP contribution in [0.2, 0.25) is 0 Å². The third-order valence-corrected chi connectivity index (χ3v) is 6.05. The van der Waals surface area contributed by atoms with Crippen molar-refractivity contribution in [3.05, 3.63) is 59.4 Å². The van der Waals surface area contributed by atoms with Crippen molar-refractivity contribution in [1.82, 2.24) is 9.78 Å². The number of carbonyl (C=O) groups is 1. The Bertz CT molecular complexity index is 930. The van der Waals surface area contributed by atoms with Crippen molar-refractivity contribution in [1.29, 1.82) is 5.26 Å². The van der Waals surface area contributed by atoms with Crippen LogP contribution in [0.25, 0.3) is 5.69 Å². The van der Waals surface area contributed by atoms with Gasteiger partial charge < -0.3 is 0 Å². The fourth-order valence-corrected chi connectivity index (χ4v) is 4.90. The second-order valence-corrected chi connectivity index (χ2v) is 7.86. The highest BCUT2D eigenvalue weighted by Crippen LogP contribution is 2.54. The lowest BCUT2D eigenvalue weighted by Crippen LogP contribution is -2.51. The van der Waals surface area contributed by atoms with Crippen LogP contribution in [0.4, 0.5) is 0 Å². The van der Waals surface area contributed by atoms with Crippen LogP contribution in [-0.2, 0) is 16.6 Å². The second-order valence-electron chi connectivity index (χ2n) is 7.86. The number of rotatable bonds is 1. The number of Topliss-reactive ketones (excluding diaryl/α,β-unsaturated/α-hetero) is 1. The predicted molar refractivity (Wildman–Crippen MR) is 95.2 cm³/mol. The summed E-state index contributed by atoms with van der Waals surface area (Å²) in [6.45, 7) is 6.12. The number of ketones is 1. The van der Waals surface area contributed by atoms with Crippen LogP contribution >= 0.6 is 0 Å². The van der Waals surface area contributed by atoms with Gasteiger partial charge in [0.25, 0.3) is 0 Å². The molecule has 0 spiro atoms. The summed E-state index contributed by atoms with van der Waals surface area (Å²) in [7, 11) is 0. The number of para-hydroxylation sites is 1. The Kier molecular flexibility index (Phi) is 3.27. The number of carbonyl (C=O) groups excluding carboxylic acids is 1. The molecular formula is C21H21N3O. The van der Waals surface area contributed by atoms with Gasteiger partial charge in [-0.15, -0.1) is 0 Å². The molecule has 4 nitrogen and oxygen atoms in total. The van der Waals surface area contributed by atoms with Crippen LogP contribution in [0, 0.1) is 22.7 Å². The number of benzene rings is 1. The van der Waals surface area contributed by atoms with Gasteiger partial charge in [-0.3, -0.25) is 4.79 Å². The maximum Gasteiger partial charge on any atom is 0.178 e. The topological polar surface area (TPSA) is 58.7 Å². The minimum atomic E-state index is -0.557. The van der Waals surface area contributed by atoms with Crippen LogP contribution < -0.4 is 0 Å². The second kappa shape index (κ2) is 5.16. The molecular weight excluding hydrogens is 310 g/mol. The molecule has 126 valence electrons. The summed E-state index contributed by atoms with van der Waals surface area (Å²) < 4.78 is 1.98. The molecule has 1 aromatic heterocycles. The van der Waals surface area contributed by atoms with Crippen molar-refractivity contribution in [2.45, 2.75) is 39.0 Å². The Hall–Kier alpha value is -2.67. The van der Waals surface area contributed by atoms with E-state index in [2.05, 4.69) is 18.1 Å². The molecule has 2 unspecified atom stereocenters. The highest BCUT2D eigenvalue weighted by atomic mass is 16.1. The first-order chi connectivity index (χ1) is 11.9. The number of hydrogen-bond acceptors (Lipinski definition) is 3. The van der Waals surface area contributed by atoms with Crippen molar-refractivity contribution in [3.8, 4) is 11.8 Å². The summed E-state index contributed by atoms with van der Waals surface area (Å²) in [5.41, 5.74) is 2.66. The number of hydrogen-bond donors (Lipinski definition) is 0. The number of nitrogens with zero attached hydrogens (tertiary/aromatic N) is 3. The van der Waals surface area contributed by atoms with Crippen molar-refractivity contribution in [2.75, 3.05) is 0 Å². The maximum atomic E-state index is 12.8. The van der Waals surface area contributed by atoms with E-state index >= 15 is 0 Å². The number of fused-ring (bicyclic) bond motifs is 3. The van der Waals surface area contributed by atoms with Crippen LogP contribution in [0.3, 0.4) is 0 Å². The first-order valence-corrected chi connectivity index (χ1v) is 8.70. The zero-order valence-electron chi connectivity index (χ0n) is 14.8. The summed E-state index contributed by atoms with van der Waals surface area (Å²) >= 11 is 0. The Morgan fingerprint density at radius 3 is 2.64 bits per heavy atom. The molecule has 0 saturated heterocycles. The van der Waals surface area contributed by atoms with Crippen molar-refractivity contribution in [3.63, 3.8) is 0 Å². The number of aromatic nitrogens is 2. The van der Waals surface area contributed by atoms with Crippen LogP contribution in [0.15, 0.2) is 48.2 Å². The average molecular weight is 331 g/mol. The van der Waals surface area contributed by atoms with E-state index in [1.165, 1.54) is 5.56 Å². The first kappa shape index (κ1) is 15.8. The molecule has 0 aliphatic heterocycles. The highest BCUT2D eigenvalue weighted by molar-refractivity contribution is 6.04. The molecule has 2 atom stereocenters. The summed E-state index contributed by atoms with van der Waals surface area (Å²) in [4.78, 5) is 12.8. The summed E-state index contributed by atoms with van der Waals surface area (Å²) in [5, 5.41) is 14.2. The average Bonchev–Trinajstić information content (AvgIpc) is 3.04. The lowest BCUT2D eigenvalue weighted by atomic mass is 9.52. The smallest absolute Gasteiger partial charge is 0.178 e. The van der Waals surface area contributed by atoms with E-state index < -0.39 is 5.41 Å². The number of aryl methyl sites for hydroxylation is 1. The van der Waals surface area contributed by atoms with Gasteiger partial charge in [-0.05, 0) is 36.5 Å². The lowest BCUT2D eigenvalue weighted by Gasteiger charge is -2.50. The highest BCUT2D eigenvalue weighted by Gasteiger charge is 2.55. The zero-order chi connectivity index (χ0) is 17.8. The largest absolute Gasteiger partial charge is 0.293 e. The number of nitriles is 1. The quantitative estimate of drug-likeness (QED) is 0.799. The van der Waals surface area contributed by atoms with Crippen LogP contribution in [0.5, 0.6) is 0 Å². The van der Waals surface area contributed by atoms with Crippen molar-refractivity contribution < 1.29 is 4.79 Å². The van der Waals surface area contributed by atoms with Gasteiger partial charge >= 0.3 is 0 Å². The molecule has 0 N–H and O–H groups in total. The van der Waals surface area contributed by atoms with Gasteiger partial charge in [0.2, 0.25) is 0 Å². The van der Waals surface area contributed by atoms with E-state index in [0.717, 1.165) is 24.2 Å². The molecule has 4 rings (SSSR count). The fraction of sp³-hybridized carbons (Fsp3) is 0.381. The summed E-state index contributed by atoms with van der Waals surface area (Å²) in [5.74, 6) is 0.114. The van der Waals surface area contributed by atoms with Gasteiger partial charge in [-0.25, -0.2) is 4.68 Å². The minimum absolute atomic E-state index is 0.0355. The molecule has 2 aliphatic rings. The lowest BCUT2D eigenvalue weighted by molar-refractivity contribution is -0.128. The van der Waals surface area contributed by atoms with Crippen LogP contribution in [-0.4, -0.2) is 15.6 Å².